The van der Waals surface area contributed by atoms with Crippen LogP contribution in [-0.2, 0) is 4.74 Å². The van der Waals surface area contributed by atoms with Crippen molar-refractivity contribution in [2.45, 2.75) is 0 Å². The molecule has 5 nitrogen and oxygen atoms in total. The van der Waals surface area contributed by atoms with Crippen LogP contribution in [0.3, 0.4) is 0 Å². The van der Waals surface area contributed by atoms with Gasteiger partial charge in [0.2, 0.25) is 0 Å². The fraction of sp³-hybridized carbons (Fsp3) is 0.111. The van der Waals surface area contributed by atoms with Crippen LogP contribution < -0.4 is 10.0 Å². The average molecular weight is 223 g/mol. The van der Waals surface area contributed by atoms with Crippen molar-refractivity contribution in [3.8, 4) is 0 Å². The Kier molecular flexibility index (Phi) is 2.77. The van der Waals surface area contributed by atoms with Gasteiger partial charge in [0.15, 0.2) is 5.17 Å². The molecule has 2 rings (SSSR count). The Morgan fingerprint density at radius 3 is 3.13 bits per heavy atom. The van der Waals surface area contributed by atoms with Gasteiger partial charge in [0, 0.05) is 11.9 Å². The van der Waals surface area contributed by atoms with Crippen LogP contribution in [-0.4, -0.2) is 18.4 Å². The first kappa shape index (κ1) is 9.85. The molecule has 1 aliphatic heterocycles. The number of amides is 1. The van der Waals surface area contributed by atoms with Crippen molar-refractivity contribution in [2.75, 3.05) is 11.8 Å². The maximum Gasteiger partial charge on any atom is 0.412 e. The van der Waals surface area contributed by atoms with Gasteiger partial charge in [0.05, 0.1) is 18.5 Å². The Morgan fingerprint density at radius 2 is 2.33 bits per heavy atom. The predicted molar refractivity (Wildman–Crippen MR) is 60.3 cm³/mol. The highest BCUT2D eigenvalue weighted by molar-refractivity contribution is 8.15. The molecule has 1 aromatic rings. The summed E-state index contributed by atoms with van der Waals surface area (Å²) >= 11 is 1.24. The molecular formula is C9H9N3O2S. The Morgan fingerprint density at radius 1 is 1.53 bits per heavy atom. The van der Waals surface area contributed by atoms with Crippen LogP contribution in [0.4, 0.5) is 16.2 Å². The van der Waals surface area contributed by atoms with Gasteiger partial charge >= 0.3 is 6.09 Å². The normalized spacial score (nSPS) is 13.3. The number of methoxy groups -OCH3 is 1. The third-order valence-corrected chi connectivity index (χ3v) is 2.49. The molecule has 0 bridgehead atoms. The highest BCUT2D eigenvalue weighted by Crippen LogP contribution is 2.31. The van der Waals surface area contributed by atoms with Crippen molar-refractivity contribution in [3.05, 3.63) is 24.3 Å². The summed E-state index contributed by atoms with van der Waals surface area (Å²) in [6.07, 6.45) is -0.526. The number of aliphatic imine (C=N–C) groups is 1. The van der Waals surface area contributed by atoms with Crippen molar-refractivity contribution in [2.24, 2.45) is 4.99 Å². The van der Waals surface area contributed by atoms with Crippen molar-refractivity contribution in [1.82, 2.24) is 5.32 Å². The number of anilines is 1. The summed E-state index contributed by atoms with van der Waals surface area (Å²) in [5.74, 6) is 0. The van der Waals surface area contributed by atoms with E-state index >= 15 is 0 Å². The standard InChI is InChI=1S/C9H9N3O2S/c1-14-9(13)11-8-10-6-4-2-3-5-7(6)12-15-8/h2-5,12H,1H3,(H,10,11,13). The molecule has 2 N–H and O–H groups in total. The number of hydrogen-bond acceptors (Lipinski definition) is 5. The average Bonchev–Trinajstić information content (AvgIpc) is 2.29. The number of nitrogens with one attached hydrogen (secondary N) is 2. The largest absolute Gasteiger partial charge is 0.453 e. The van der Waals surface area contributed by atoms with E-state index < -0.39 is 6.09 Å². The zero-order valence-corrected chi connectivity index (χ0v) is 8.80. The lowest BCUT2D eigenvalue weighted by Crippen LogP contribution is -2.29. The molecule has 6 heteroatoms. The van der Waals surface area contributed by atoms with Gasteiger partial charge in [0.25, 0.3) is 0 Å². The van der Waals surface area contributed by atoms with E-state index in [1.807, 2.05) is 24.3 Å². The molecule has 0 saturated heterocycles. The molecule has 0 aromatic heterocycles. The van der Waals surface area contributed by atoms with Crippen molar-refractivity contribution in [3.63, 3.8) is 0 Å². The Hall–Kier alpha value is -1.69. The van der Waals surface area contributed by atoms with Crippen LogP contribution in [0.15, 0.2) is 29.3 Å². The Balaban J connectivity index is 2.18. The van der Waals surface area contributed by atoms with Crippen LogP contribution in [0.5, 0.6) is 0 Å². The number of rotatable bonds is 0. The summed E-state index contributed by atoms with van der Waals surface area (Å²) in [7, 11) is 1.31. The summed E-state index contributed by atoms with van der Waals surface area (Å²) in [4.78, 5) is 15.2. The number of fused-ring (bicyclic) bond motifs is 1. The van der Waals surface area contributed by atoms with Gasteiger partial charge in [-0.3, -0.25) is 5.32 Å². The number of hydrogen-bond donors (Lipinski definition) is 2. The molecule has 0 unspecified atom stereocenters. The minimum Gasteiger partial charge on any atom is -0.453 e. The maximum atomic E-state index is 10.9. The van der Waals surface area contributed by atoms with Crippen LogP contribution in [0.25, 0.3) is 0 Å². The first-order chi connectivity index (χ1) is 7.29. The summed E-state index contributed by atoms with van der Waals surface area (Å²) < 4.78 is 7.53. The lowest BCUT2D eigenvalue weighted by Gasteiger charge is -2.15. The van der Waals surface area contributed by atoms with Gasteiger partial charge in [-0.25, -0.2) is 9.79 Å². The molecule has 15 heavy (non-hydrogen) atoms. The number of alkyl carbamates (subject to hydrolysis) is 1. The third-order valence-electron chi connectivity index (χ3n) is 1.78. The molecule has 0 aliphatic carbocycles. The van der Waals surface area contributed by atoms with Crippen LogP contribution in [0.2, 0.25) is 0 Å². The van der Waals surface area contributed by atoms with Crippen molar-refractivity contribution in [1.29, 1.82) is 0 Å². The molecule has 0 radical (unpaired) electrons. The zero-order chi connectivity index (χ0) is 10.7. The minimum atomic E-state index is -0.526. The van der Waals surface area contributed by atoms with E-state index in [9.17, 15) is 4.79 Å². The van der Waals surface area contributed by atoms with Crippen LogP contribution in [0.1, 0.15) is 0 Å². The monoisotopic (exact) mass is 223 g/mol. The SMILES string of the molecule is COC(=O)NC1=Nc2ccccc2NS1. The molecule has 0 atom stereocenters. The highest BCUT2D eigenvalue weighted by Gasteiger charge is 2.13. The number of nitrogens with zero attached hydrogens (tertiary/aromatic N) is 1. The fourth-order valence-corrected chi connectivity index (χ4v) is 1.74. The Labute approximate surface area is 91.0 Å². The Bertz CT molecular complexity index is 420. The number of para-hydroxylation sites is 2. The molecule has 0 spiro atoms. The second kappa shape index (κ2) is 4.22. The lowest BCUT2D eigenvalue weighted by atomic mass is 10.3. The van der Waals surface area contributed by atoms with E-state index in [4.69, 9.17) is 0 Å². The van der Waals surface area contributed by atoms with Crippen LogP contribution in [0, 0.1) is 0 Å². The van der Waals surface area contributed by atoms with E-state index in [1.54, 1.807) is 0 Å². The molecule has 78 valence electrons. The van der Waals surface area contributed by atoms with Crippen molar-refractivity contribution >= 4 is 34.6 Å². The number of ether oxygens (including phenoxy) is 1. The second-order valence-corrected chi connectivity index (χ2v) is 3.55. The van der Waals surface area contributed by atoms with Gasteiger partial charge in [-0.2, -0.15) is 0 Å². The summed E-state index contributed by atoms with van der Waals surface area (Å²) in [6.45, 7) is 0. The van der Waals surface area contributed by atoms with E-state index in [-0.39, 0.29) is 0 Å². The lowest BCUT2D eigenvalue weighted by molar-refractivity contribution is 0.177. The fourth-order valence-electron chi connectivity index (χ4n) is 1.08. The molecule has 1 amide bonds. The molecule has 1 aliphatic rings. The van der Waals surface area contributed by atoms with E-state index in [2.05, 4.69) is 19.8 Å². The number of carbonyl (C=O) groups excluding carboxylic acids is 1. The third kappa shape index (κ3) is 2.21. The van der Waals surface area contributed by atoms with Gasteiger partial charge in [-0.15, -0.1) is 0 Å². The van der Waals surface area contributed by atoms with Gasteiger partial charge in [-0.1, -0.05) is 12.1 Å². The van der Waals surface area contributed by atoms with Gasteiger partial charge < -0.3 is 9.46 Å². The molecule has 1 aromatic carbocycles. The number of amidine groups is 1. The van der Waals surface area contributed by atoms with E-state index in [0.717, 1.165) is 11.4 Å². The first-order valence-electron chi connectivity index (χ1n) is 4.25. The zero-order valence-electron chi connectivity index (χ0n) is 7.98. The first-order valence-corrected chi connectivity index (χ1v) is 5.07. The minimum absolute atomic E-state index is 0.473. The van der Waals surface area contributed by atoms with Crippen LogP contribution >= 0.6 is 11.9 Å². The smallest absolute Gasteiger partial charge is 0.412 e. The summed E-state index contributed by atoms with van der Waals surface area (Å²) in [5, 5.41) is 2.97. The summed E-state index contributed by atoms with van der Waals surface area (Å²) in [6, 6.07) is 7.58. The predicted octanol–water partition coefficient (Wildman–Crippen LogP) is 2.10. The van der Waals surface area contributed by atoms with Gasteiger partial charge in [-0.05, 0) is 12.1 Å². The van der Waals surface area contributed by atoms with E-state index in [1.165, 1.54) is 19.1 Å². The molecule has 0 saturated carbocycles. The topological polar surface area (TPSA) is 62.7 Å². The van der Waals surface area contributed by atoms with Crippen molar-refractivity contribution < 1.29 is 9.53 Å². The highest BCUT2D eigenvalue weighted by atomic mass is 32.2. The second-order valence-electron chi connectivity index (χ2n) is 2.75. The number of benzene rings is 1. The quantitative estimate of drug-likeness (QED) is 0.661. The van der Waals surface area contributed by atoms with Gasteiger partial charge in [0.1, 0.15) is 0 Å². The maximum absolute atomic E-state index is 10.9. The number of carbonyl (C=O) groups is 1. The van der Waals surface area contributed by atoms with E-state index in [0.29, 0.717) is 5.17 Å². The molecule has 1 heterocycles. The summed E-state index contributed by atoms with van der Waals surface area (Å²) in [5.41, 5.74) is 1.72. The molecule has 0 fully saturated rings. The molecular weight excluding hydrogens is 214 g/mol.